The number of nitrogens with zero attached hydrogens (tertiary/aromatic N) is 2. The van der Waals surface area contributed by atoms with E-state index in [9.17, 15) is 18.0 Å². The Balaban J connectivity index is 2.07. The van der Waals surface area contributed by atoms with Gasteiger partial charge in [0.05, 0.1) is 10.6 Å². The molecule has 0 aliphatic carbocycles. The fourth-order valence-corrected chi connectivity index (χ4v) is 5.93. The molecule has 3 aromatic carbocycles. The number of hydrogen-bond acceptors (Lipinski definition) is 4. The largest absolute Gasteiger partial charge is 0.350 e. The second-order valence-electron chi connectivity index (χ2n) is 10.5. The molecule has 7 nitrogen and oxygen atoms in total. The van der Waals surface area contributed by atoms with E-state index >= 15 is 0 Å². The van der Waals surface area contributed by atoms with Gasteiger partial charge in [0.1, 0.15) is 12.6 Å². The van der Waals surface area contributed by atoms with Gasteiger partial charge in [-0.15, -0.1) is 0 Å². The predicted octanol–water partition coefficient (Wildman–Crippen LogP) is 6.48. The summed E-state index contributed by atoms with van der Waals surface area (Å²) in [6.45, 7) is 8.39. The Morgan fingerprint density at radius 3 is 1.95 bits per heavy atom. The van der Waals surface area contributed by atoms with Crippen molar-refractivity contribution in [2.75, 3.05) is 10.8 Å². The number of halogens is 3. The molecule has 3 rings (SSSR count). The van der Waals surface area contributed by atoms with Crippen LogP contribution in [0.4, 0.5) is 5.69 Å². The average molecular weight is 625 g/mol. The minimum atomic E-state index is -4.24. The van der Waals surface area contributed by atoms with Crippen molar-refractivity contribution in [2.24, 2.45) is 0 Å². The van der Waals surface area contributed by atoms with Gasteiger partial charge >= 0.3 is 0 Å². The molecule has 1 unspecified atom stereocenters. The van der Waals surface area contributed by atoms with Crippen LogP contribution in [0.2, 0.25) is 15.1 Å². The number of carbonyl (C=O) groups excluding carboxylic acids is 2. The fourth-order valence-electron chi connectivity index (χ4n) is 3.89. The monoisotopic (exact) mass is 623 g/mol. The van der Waals surface area contributed by atoms with E-state index in [0.717, 1.165) is 9.87 Å². The second kappa shape index (κ2) is 12.8. The van der Waals surface area contributed by atoms with Crippen molar-refractivity contribution < 1.29 is 18.0 Å². The summed E-state index contributed by atoms with van der Waals surface area (Å²) in [5, 5.41) is 3.82. The highest BCUT2D eigenvalue weighted by molar-refractivity contribution is 7.92. The number of amides is 2. The highest BCUT2D eigenvalue weighted by Gasteiger charge is 2.33. The highest BCUT2D eigenvalue weighted by atomic mass is 35.5. The van der Waals surface area contributed by atoms with Gasteiger partial charge in [-0.1, -0.05) is 64.6 Å². The van der Waals surface area contributed by atoms with E-state index in [4.69, 9.17) is 34.8 Å². The summed E-state index contributed by atoms with van der Waals surface area (Å²) in [7, 11) is -4.24. The number of anilines is 1. The molecule has 1 atom stereocenters. The zero-order chi connectivity index (χ0) is 29.8. The van der Waals surface area contributed by atoms with E-state index in [2.05, 4.69) is 5.32 Å². The first-order valence-corrected chi connectivity index (χ1v) is 15.1. The topological polar surface area (TPSA) is 86.8 Å². The Hall–Kier alpha value is -2.78. The van der Waals surface area contributed by atoms with Crippen molar-refractivity contribution in [1.29, 1.82) is 0 Å². The molecule has 0 saturated carbocycles. The van der Waals surface area contributed by atoms with E-state index in [-0.39, 0.29) is 33.1 Å². The molecule has 0 spiro atoms. The summed E-state index contributed by atoms with van der Waals surface area (Å²) < 4.78 is 28.7. The standard InChI is InChI=1S/C29H32Cl3N3O4S/c1-19-6-12-26(13-7-19)40(38,39)35(25-15-23(31)14-24(32)16-25)18-27(36)34(17-21-8-10-22(30)11-9-21)20(2)28(37)33-29(3,4)5/h6-16,20H,17-18H2,1-5H3,(H,33,37). The summed E-state index contributed by atoms with van der Waals surface area (Å²) in [4.78, 5) is 28.4. The number of sulfonamides is 1. The molecule has 40 heavy (non-hydrogen) atoms. The van der Waals surface area contributed by atoms with Crippen molar-refractivity contribution in [3.05, 3.63) is 92.9 Å². The Labute approximate surface area is 251 Å². The smallest absolute Gasteiger partial charge is 0.264 e. The number of nitrogens with one attached hydrogen (secondary N) is 1. The minimum absolute atomic E-state index is 0.00947. The Morgan fingerprint density at radius 1 is 0.875 bits per heavy atom. The third kappa shape index (κ3) is 8.36. The van der Waals surface area contributed by atoms with Gasteiger partial charge < -0.3 is 10.2 Å². The Kier molecular flexibility index (Phi) is 10.2. The molecule has 214 valence electrons. The van der Waals surface area contributed by atoms with Crippen LogP contribution in [0.1, 0.15) is 38.8 Å². The molecule has 1 N–H and O–H groups in total. The van der Waals surface area contributed by atoms with Gasteiger partial charge in [0.25, 0.3) is 10.0 Å². The molecule has 0 aromatic heterocycles. The second-order valence-corrected chi connectivity index (χ2v) is 13.7. The molecule has 0 saturated heterocycles. The van der Waals surface area contributed by atoms with E-state index in [1.165, 1.54) is 35.2 Å². The number of benzene rings is 3. The third-order valence-corrected chi connectivity index (χ3v) is 8.43. The van der Waals surface area contributed by atoms with Crippen molar-refractivity contribution in [2.45, 2.75) is 57.6 Å². The van der Waals surface area contributed by atoms with Crippen LogP contribution in [0.5, 0.6) is 0 Å². The highest BCUT2D eigenvalue weighted by Crippen LogP contribution is 2.30. The van der Waals surface area contributed by atoms with Crippen molar-refractivity contribution >= 4 is 62.3 Å². The summed E-state index contributed by atoms with van der Waals surface area (Å²) in [5.74, 6) is -0.980. The fraction of sp³-hybridized carbons (Fsp3) is 0.310. The zero-order valence-corrected chi connectivity index (χ0v) is 26.0. The van der Waals surface area contributed by atoms with Crippen LogP contribution in [0.15, 0.2) is 71.6 Å². The van der Waals surface area contributed by atoms with E-state index < -0.39 is 34.1 Å². The van der Waals surface area contributed by atoms with Crippen LogP contribution in [0.25, 0.3) is 0 Å². The van der Waals surface area contributed by atoms with Crippen molar-refractivity contribution in [3.63, 3.8) is 0 Å². The van der Waals surface area contributed by atoms with E-state index in [1.807, 2.05) is 27.7 Å². The number of hydrogen-bond donors (Lipinski definition) is 1. The molecule has 0 fully saturated rings. The van der Waals surface area contributed by atoms with Crippen LogP contribution in [-0.4, -0.2) is 43.3 Å². The predicted molar refractivity (Wildman–Crippen MR) is 162 cm³/mol. The van der Waals surface area contributed by atoms with Gasteiger partial charge in [-0.3, -0.25) is 13.9 Å². The maximum Gasteiger partial charge on any atom is 0.264 e. The first kappa shape index (κ1) is 31.7. The molecular weight excluding hydrogens is 593 g/mol. The van der Waals surface area contributed by atoms with Crippen molar-refractivity contribution in [3.8, 4) is 0 Å². The van der Waals surface area contributed by atoms with Crippen LogP contribution < -0.4 is 9.62 Å². The first-order valence-electron chi connectivity index (χ1n) is 12.5. The van der Waals surface area contributed by atoms with Gasteiger partial charge in [-0.25, -0.2) is 8.42 Å². The summed E-state index contributed by atoms with van der Waals surface area (Å²) in [6.07, 6.45) is 0. The molecule has 2 amide bonds. The molecule has 11 heteroatoms. The lowest BCUT2D eigenvalue weighted by atomic mass is 10.1. The normalized spacial score (nSPS) is 12.5. The first-order chi connectivity index (χ1) is 18.6. The van der Waals surface area contributed by atoms with Gasteiger partial charge in [-0.05, 0) is 82.6 Å². The number of aryl methyl sites for hydroxylation is 1. The van der Waals surface area contributed by atoms with Gasteiger partial charge in [-0.2, -0.15) is 0 Å². The van der Waals surface area contributed by atoms with Crippen LogP contribution in [0.3, 0.4) is 0 Å². The Morgan fingerprint density at radius 2 is 1.43 bits per heavy atom. The van der Waals surface area contributed by atoms with Crippen molar-refractivity contribution in [1.82, 2.24) is 10.2 Å². The zero-order valence-electron chi connectivity index (χ0n) is 22.9. The average Bonchev–Trinajstić information content (AvgIpc) is 2.85. The summed E-state index contributed by atoms with van der Waals surface area (Å²) in [5.41, 5.74) is 1.16. The SMILES string of the molecule is Cc1ccc(S(=O)(=O)N(CC(=O)N(Cc2ccc(Cl)cc2)C(C)C(=O)NC(C)(C)C)c2cc(Cl)cc(Cl)c2)cc1. The molecule has 0 heterocycles. The summed E-state index contributed by atoms with van der Waals surface area (Å²) >= 11 is 18.5. The van der Waals surface area contributed by atoms with Crippen LogP contribution in [0, 0.1) is 6.92 Å². The lowest BCUT2D eigenvalue weighted by molar-refractivity contribution is -0.140. The maximum atomic E-state index is 14.0. The van der Waals surface area contributed by atoms with Crippen LogP contribution in [-0.2, 0) is 26.2 Å². The maximum absolute atomic E-state index is 14.0. The number of carbonyl (C=O) groups is 2. The molecular formula is C29H32Cl3N3O4S. The lowest BCUT2D eigenvalue weighted by Gasteiger charge is -2.33. The van der Waals surface area contributed by atoms with Crippen LogP contribution >= 0.6 is 34.8 Å². The quantitative estimate of drug-likeness (QED) is 0.295. The van der Waals surface area contributed by atoms with Gasteiger partial charge in [0, 0.05) is 27.2 Å². The Bertz CT molecular complexity index is 1450. The number of rotatable bonds is 9. The van der Waals surface area contributed by atoms with Gasteiger partial charge in [0.2, 0.25) is 11.8 Å². The van der Waals surface area contributed by atoms with E-state index in [0.29, 0.717) is 10.6 Å². The third-order valence-electron chi connectivity index (χ3n) is 5.95. The molecule has 0 aliphatic rings. The van der Waals surface area contributed by atoms with E-state index in [1.54, 1.807) is 43.3 Å². The molecule has 0 aliphatic heterocycles. The lowest BCUT2D eigenvalue weighted by Crippen LogP contribution is -2.54. The molecule has 0 bridgehead atoms. The molecule has 3 aromatic rings. The molecule has 0 radical (unpaired) electrons. The van der Waals surface area contributed by atoms with Gasteiger partial charge in [0.15, 0.2) is 0 Å². The summed E-state index contributed by atoms with van der Waals surface area (Å²) in [6, 6.07) is 16.5. The minimum Gasteiger partial charge on any atom is -0.350 e.